The molecule has 2 N–H and O–H groups in total. The van der Waals surface area contributed by atoms with Gasteiger partial charge >= 0.3 is 6.18 Å². The number of hydrogen-bond donors (Lipinski definition) is 2. The lowest BCUT2D eigenvalue weighted by atomic mass is 10.0. The number of alkyl halides is 3. The van der Waals surface area contributed by atoms with Gasteiger partial charge in [-0.05, 0) is 38.1 Å². The zero-order valence-electron chi connectivity index (χ0n) is 12.9. The average molecular weight is 345 g/mol. The quantitative estimate of drug-likeness (QED) is 0.835. The molecule has 2 rings (SSSR count). The normalized spacial score (nSPS) is 14.3. The van der Waals surface area contributed by atoms with E-state index in [1.54, 1.807) is 13.0 Å². The Balaban J connectivity index is 2.16. The van der Waals surface area contributed by atoms with Crippen LogP contribution in [0, 0.1) is 12.7 Å². The van der Waals surface area contributed by atoms with Gasteiger partial charge in [-0.2, -0.15) is 13.2 Å². The lowest BCUT2D eigenvalue weighted by Crippen LogP contribution is -2.38. The first-order chi connectivity index (χ1) is 11.0. The zero-order valence-corrected chi connectivity index (χ0v) is 12.9. The zero-order chi connectivity index (χ0) is 18.1. The molecule has 1 aromatic heterocycles. The van der Waals surface area contributed by atoms with Crippen molar-refractivity contribution in [3.05, 3.63) is 58.8 Å². The summed E-state index contributed by atoms with van der Waals surface area (Å²) in [7, 11) is 0. The van der Waals surface area contributed by atoms with Crippen LogP contribution in [-0.2, 0) is 11.8 Å². The third kappa shape index (κ3) is 3.76. The number of benzene rings is 1. The summed E-state index contributed by atoms with van der Waals surface area (Å²) in [4.78, 5) is 12.0. The number of carbonyl (C=O) groups is 1. The van der Waals surface area contributed by atoms with Crippen molar-refractivity contribution in [3.63, 3.8) is 0 Å². The summed E-state index contributed by atoms with van der Waals surface area (Å²) in [6.45, 7) is 2.65. The second kappa shape index (κ2) is 6.27. The molecule has 1 amide bonds. The molecule has 0 fully saturated rings. The van der Waals surface area contributed by atoms with Gasteiger partial charge in [-0.25, -0.2) is 4.39 Å². The molecule has 0 aliphatic heterocycles. The molecule has 0 saturated carbocycles. The second-order valence-corrected chi connectivity index (χ2v) is 5.53. The molecule has 24 heavy (non-hydrogen) atoms. The molecule has 1 aromatic carbocycles. The Morgan fingerprint density at radius 1 is 1.25 bits per heavy atom. The van der Waals surface area contributed by atoms with Gasteiger partial charge in [-0.1, -0.05) is 6.07 Å². The molecule has 0 aliphatic rings. The Morgan fingerprint density at radius 2 is 1.92 bits per heavy atom. The van der Waals surface area contributed by atoms with Crippen LogP contribution in [0.5, 0.6) is 0 Å². The van der Waals surface area contributed by atoms with E-state index in [4.69, 9.17) is 4.42 Å². The number of aliphatic hydroxyl groups is 1. The van der Waals surface area contributed by atoms with Crippen LogP contribution in [0.3, 0.4) is 0 Å². The van der Waals surface area contributed by atoms with E-state index in [2.05, 4.69) is 5.32 Å². The van der Waals surface area contributed by atoms with Crippen LogP contribution in [0.4, 0.5) is 17.6 Å². The highest BCUT2D eigenvalue weighted by Crippen LogP contribution is 2.32. The summed E-state index contributed by atoms with van der Waals surface area (Å²) in [5.74, 6) is -2.01. The van der Waals surface area contributed by atoms with E-state index >= 15 is 0 Å². The van der Waals surface area contributed by atoms with Gasteiger partial charge in [0.2, 0.25) is 0 Å². The maximum Gasteiger partial charge on any atom is 0.419 e. The van der Waals surface area contributed by atoms with E-state index in [1.807, 2.05) is 0 Å². The largest absolute Gasteiger partial charge is 0.463 e. The summed E-state index contributed by atoms with van der Waals surface area (Å²) in [5.41, 5.74) is -3.87. The Morgan fingerprint density at radius 3 is 2.46 bits per heavy atom. The third-order valence-electron chi connectivity index (χ3n) is 3.41. The van der Waals surface area contributed by atoms with Crippen molar-refractivity contribution < 1.29 is 31.9 Å². The highest BCUT2D eigenvalue weighted by Gasteiger charge is 2.36. The summed E-state index contributed by atoms with van der Waals surface area (Å²) in [5, 5.41) is 12.5. The highest BCUT2D eigenvalue weighted by molar-refractivity contribution is 5.94. The monoisotopic (exact) mass is 345 g/mol. The van der Waals surface area contributed by atoms with Gasteiger partial charge in [0.05, 0.1) is 17.7 Å². The topological polar surface area (TPSA) is 62.5 Å². The summed E-state index contributed by atoms with van der Waals surface area (Å²) in [6, 6.07) is 5.54. The van der Waals surface area contributed by atoms with Gasteiger partial charge in [-0.3, -0.25) is 4.79 Å². The number of halogens is 4. The third-order valence-corrected chi connectivity index (χ3v) is 3.41. The smallest absolute Gasteiger partial charge is 0.419 e. The Bertz CT molecular complexity index is 750. The standard InChI is InChI=1S/C16H15F4NO3/c1-9-6-7-12(24-9)15(2,23)8-21-14(22)10-4-3-5-11(13(10)17)16(18,19)20/h3-7,23H,8H2,1-2H3,(H,21,22). The molecule has 1 atom stereocenters. The molecular weight excluding hydrogens is 330 g/mol. The van der Waals surface area contributed by atoms with Crippen molar-refractivity contribution in [2.24, 2.45) is 0 Å². The van der Waals surface area contributed by atoms with E-state index in [0.29, 0.717) is 11.8 Å². The van der Waals surface area contributed by atoms with Gasteiger partial charge in [0, 0.05) is 0 Å². The number of nitrogens with one attached hydrogen (secondary N) is 1. The number of carbonyl (C=O) groups excluding carboxylic acids is 1. The lowest BCUT2D eigenvalue weighted by Gasteiger charge is -2.21. The Kier molecular flexibility index (Phi) is 4.70. The molecule has 1 unspecified atom stereocenters. The molecule has 0 radical (unpaired) electrons. The molecule has 4 nitrogen and oxygen atoms in total. The fourth-order valence-corrected chi connectivity index (χ4v) is 2.08. The molecule has 0 saturated heterocycles. The second-order valence-electron chi connectivity index (χ2n) is 5.53. The van der Waals surface area contributed by atoms with E-state index in [-0.39, 0.29) is 12.3 Å². The molecular formula is C16H15F4NO3. The van der Waals surface area contributed by atoms with Gasteiger partial charge in [0.15, 0.2) is 0 Å². The molecule has 130 valence electrons. The van der Waals surface area contributed by atoms with E-state index in [9.17, 15) is 27.5 Å². The minimum absolute atomic E-state index is 0.171. The minimum atomic E-state index is -4.91. The van der Waals surface area contributed by atoms with E-state index < -0.39 is 34.6 Å². The van der Waals surface area contributed by atoms with Crippen LogP contribution in [-0.4, -0.2) is 17.6 Å². The van der Waals surface area contributed by atoms with Gasteiger partial charge < -0.3 is 14.8 Å². The van der Waals surface area contributed by atoms with E-state index in [0.717, 1.165) is 12.1 Å². The average Bonchev–Trinajstić information content (AvgIpc) is 2.91. The van der Waals surface area contributed by atoms with Crippen molar-refractivity contribution in [2.45, 2.75) is 25.6 Å². The fourth-order valence-electron chi connectivity index (χ4n) is 2.08. The molecule has 0 spiro atoms. The van der Waals surface area contributed by atoms with Crippen LogP contribution in [0.2, 0.25) is 0 Å². The lowest BCUT2D eigenvalue weighted by molar-refractivity contribution is -0.140. The van der Waals surface area contributed by atoms with Gasteiger partial charge in [-0.15, -0.1) is 0 Å². The van der Waals surface area contributed by atoms with E-state index in [1.165, 1.54) is 13.0 Å². The van der Waals surface area contributed by atoms with Crippen molar-refractivity contribution in [2.75, 3.05) is 6.54 Å². The van der Waals surface area contributed by atoms with Crippen molar-refractivity contribution >= 4 is 5.91 Å². The van der Waals surface area contributed by atoms with Crippen molar-refractivity contribution in [1.82, 2.24) is 5.32 Å². The maximum atomic E-state index is 13.9. The molecule has 1 heterocycles. The van der Waals surface area contributed by atoms with Crippen LogP contribution in [0.15, 0.2) is 34.7 Å². The summed E-state index contributed by atoms with van der Waals surface area (Å²) < 4.78 is 57.2. The first-order valence-corrected chi connectivity index (χ1v) is 6.95. The number of furan rings is 1. The van der Waals surface area contributed by atoms with Crippen molar-refractivity contribution in [1.29, 1.82) is 0 Å². The molecule has 0 aliphatic carbocycles. The number of amides is 1. The number of aryl methyl sites for hydroxylation is 1. The molecule has 8 heteroatoms. The maximum absolute atomic E-state index is 13.9. The predicted molar refractivity (Wildman–Crippen MR) is 76.8 cm³/mol. The van der Waals surface area contributed by atoms with Crippen LogP contribution < -0.4 is 5.32 Å². The first kappa shape index (κ1) is 18.0. The Hall–Kier alpha value is -2.35. The van der Waals surface area contributed by atoms with Gasteiger partial charge in [0.25, 0.3) is 5.91 Å². The number of rotatable bonds is 4. The predicted octanol–water partition coefficient (Wildman–Crippen LogP) is 3.38. The SMILES string of the molecule is Cc1ccc(C(C)(O)CNC(=O)c2cccc(C(F)(F)F)c2F)o1. The summed E-state index contributed by atoms with van der Waals surface area (Å²) >= 11 is 0. The first-order valence-electron chi connectivity index (χ1n) is 6.95. The fraction of sp³-hybridized carbons (Fsp3) is 0.312. The highest BCUT2D eigenvalue weighted by atomic mass is 19.4. The molecule has 0 bridgehead atoms. The van der Waals surface area contributed by atoms with Crippen molar-refractivity contribution in [3.8, 4) is 0 Å². The number of hydrogen-bond acceptors (Lipinski definition) is 3. The van der Waals surface area contributed by atoms with Crippen LogP contribution >= 0.6 is 0 Å². The minimum Gasteiger partial charge on any atom is -0.463 e. The van der Waals surface area contributed by atoms with Gasteiger partial charge in [0.1, 0.15) is 22.9 Å². The van der Waals surface area contributed by atoms with Crippen LogP contribution in [0.25, 0.3) is 0 Å². The summed E-state index contributed by atoms with van der Waals surface area (Å²) in [6.07, 6.45) is -4.91. The van der Waals surface area contributed by atoms with Crippen LogP contribution in [0.1, 0.15) is 34.4 Å². The Labute approximate surface area is 135 Å². The molecule has 2 aromatic rings.